The van der Waals surface area contributed by atoms with E-state index in [1.807, 2.05) is 0 Å². The summed E-state index contributed by atoms with van der Waals surface area (Å²) in [4.78, 5) is 22.5. The number of rotatable bonds is 4. The molecule has 1 aromatic carbocycles. The van der Waals surface area contributed by atoms with Crippen LogP contribution in [-0.4, -0.2) is 30.8 Å². The first kappa shape index (κ1) is 12.7. The summed E-state index contributed by atoms with van der Waals surface area (Å²) in [6.07, 6.45) is -0.224. The Balaban J connectivity index is 2.01. The lowest BCUT2D eigenvalue weighted by Gasteiger charge is -2.18. The third-order valence-electron chi connectivity index (χ3n) is 2.33. The fraction of sp³-hybridized carbons (Fsp3) is 0.333. The van der Waals surface area contributed by atoms with E-state index in [-0.39, 0.29) is 18.1 Å². The van der Waals surface area contributed by atoms with Gasteiger partial charge in [-0.2, -0.15) is 0 Å². The first-order valence-corrected chi connectivity index (χ1v) is 5.99. The lowest BCUT2D eigenvalue weighted by atomic mass is 10.2. The van der Waals surface area contributed by atoms with Crippen LogP contribution in [0.25, 0.3) is 0 Å². The van der Waals surface area contributed by atoms with Crippen molar-refractivity contribution < 1.29 is 19.1 Å². The summed E-state index contributed by atoms with van der Waals surface area (Å²) in [5.41, 5.74) is 0.562. The highest BCUT2D eigenvalue weighted by Gasteiger charge is 2.13. The van der Waals surface area contributed by atoms with Gasteiger partial charge in [0.1, 0.15) is 13.2 Å². The minimum atomic E-state index is -0.391. The first-order chi connectivity index (χ1) is 8.69. The number of anilines is 1. The second kappa shape index (κ2) is 5.73. The Hall–Kier alpha value is -1.75. The second-order valence-electron chi connectivity index (χ2n) is 3.76. The molecule has 18 heavy (non-hydrogen) atoms. The van der Waals surface area contributed by atoms with Crippen LogP contribution in [-0.2, 0) is 9.59 Å². The number of halogens is 1. The molecule has 0 saturated carbocycles. The number of nitrogens with one attached hydrogen (secondary N) is 1. The normalized spacial score (nSPS) is 12.9. The topological polar surface area (TPSA) is 64.6 Å². The molecule has 0 bridgehead atoms. The monoisotopic (exact) mass is 269 g/mol. The molecule has 0 aromatic heterocycles. The van der Waals surface area contributed by atoms with Crippen LogP contribution in [0.2, 0.25) is 0 Å². The Labute approximate surface area is 109 Å². The number of ether oxygens (including phenoxy) is 2. The number of Topliss-reactive ketones (excluding diaryl/α,β-unsaturated/α-hetero) is 1. The van der Waals surface area contributed by atoms with Crippen LogP contribution < -0.4 is 14.8 Å². The predicted molar refractivity (Wildman–Crippen MR) is 66.4 cm³/mol. The summed E-state index contributed by atoms with van der Waals surface area (Å²) in [6.45, 7) is 0.998. The van der Waals surface area contributed by atoms with Crippen molar-refractivity contribution in [1.82, 2.24) is 0 Å². The van der Waals surface area contributed by atoms with Crippen molar-refractivity contribution in [2.24, 2.45) is 0 Å². The molecule has 0 fully saturated rings. The van der Waals surface area contributed by atoms with E-state index in [0.717, 1.165) is 0 Å². The van der Waals surface area contributed by atoms with Crippen LogP contribution in [0.5, 0.6) is 11.5 Å². The minimum absolute atomic E-state index is 0.158. The number of hydrogen-bond acceptors (Lipinski definition) is 4. The Kier molecular flexibility index (Phi) is 4.04. The Morgan fingerprint density at radius 2 is 1.94 bits per heavy atom. The molecule has 0 saturated heterocycles. The molecule has 1 aromatic rings. The Bertz CT molecular complexity index is 475. The van der Waals surface area contributed by atoms with Gasteiger partial charge in [-0.15, -0.1) is 11.6 Å². The van der Waals surface area contributed by atoms with Crippen LogP contribution in [0.15, 0.2) is 18.2 Å². The van der Waals surface area contributed by atoms with Crippen molar-refractivity contribution in [3.05, 3.63) is 18.2 Å². The zero-order chi connectivity index (χ0) is 13.0. The highest BCUT2D eigenvalue weighted by atomic mass is 35.5. The molecule has 0 atom stereocenters. The molecule has 2 rings (SSSR count). The molecule has 0 unspecified atom stereocenters. The van der Waals surface area contributed by atoms with Crippen LogP contribution in [0, 0.1) is 0 Å². The fourth-order valence-electron chi connectivity index (χ4n) is 1.55. The van der Waals surface area contributed by atoms with Gasteiger partial charge in [0.25, 0.3) is 0 Å². The number of carbonyl (C=O) groups excluding carboxylic acids is 2. The number of hydrogen-bond donors (Lipinski definition) is 1. The summed E-state index contributed by atoms with van der Waals surface area (Å²) in [5.74, 6) is 0.372. The third-order valence-corrected chi connectivity index (χ3v) is 2.63. The smallest absolute Gasteiger partial charge is 0.231 e. The summed E-state index contributed by atoms with van der Waals surface area (Å²) in [5, 5.41) is 2.60. The summed E-state index contributed by atoms with van der Waals surface area (Å²) in [7, 11) is 0. The SMILES string of the molecule is O=C(CCl)CC(=O)Nc1ccc2c(c1)OCCO2. The van der Waals surface area contributed by atoms with Gasteiger partial charge < -0.3 is 14.8 Å². The maximum absolute atomic E-state index is 11.5. The molecule has 0 aliphatic carbocycles. The van der Waals surface area contributed by atoms with Gasteiger partial charge in [-0.05, 0) is 12.1 Å². The number of amides is 1. The molecule has 96 valence electrons. The molecule has 1 aliphatic heterocycles. The lowest BCUT2D eigenvalue weighted by Crippen LogP contribution is -2.18. The Morgan fingerprint density at radius 3 is 2.67 bits per heavy atom. The quantitative estimate of drug-likeness (QED) is 0.666. The van der Waals surface area contributed by atoms with Crippen LogP contribution in [0.4, 0.5) is 5.69 Å². The fourth-order valence-corrected chi connectivity index (χ4v) is 1.65. The number of fused-ring (bicyclic) bond motifs is 1. The van der Waals surface area contributed by atoms with Crippen molar-refractivity contribution in [1.29, 1.82) is 0 Å². The first-order valence-electron chi connectivity index (χ1n) is 5.46. The number of benzene rings is 1. The molecule has 0 radical (unpaired) electrons. The van der Waals surface area contributed by atoms with Crippen LogP contribution >= 0.6 is 11.6 Å². The maximum atomic E-state index is 11.5. The lowest BCUT2D eigenvalue weighted by molar-refractivity contribution is -0.124. The van der Waals surface area contributed by atoms with Crippen molar-refractivity contribution in [3.63, 3.8) is 0 Å². The van der Waals surface area contributed by atoms with E-state index in [1.54, 1.807) is 18.2 Å². The van der Waals surface area contributed by atoms with Crippen LogP contribution in [0.3, 0.4) is 0 Å². The van der Waals surface area contributed by atoms with Crippen molar-refractivity contribution in [3.8, 4) is 11.5 Å². The Morgan fingerprint density at radius 1 is 1.22 bits per heavy atom. The van der Waals surface area contributed by atoms with E-state index in [9.17, 15) is 9.59 Å². The summed E-state index contributed by atoms with van der Waals surface area (Å²) < 4.78 is 10.7. The highest BCUT2D eigenvalue weighted by Crippen LogP contribution is 2.32. The highest BCUT2D eigenvalue weighted by molar-refractivity contribution is 6.29. The molecule has 5 nitrogen and oxygen atoms in total. The van der Waals surface area contributed by atoms with Crippen molar-refractivity contribution in [2.75, 3.05) is 24.4 Å². The van der Waals surface area contributed by atoms with Crippen LogP contribution in [0.1, 0.15) is 6.42 Å². The van der Waals surface area contributed by atoms with Gasteiger partial charge in [0.2, 0.25) is 5.91 Å². The van der Waals surface area contributed by atoms with Crippen molar-refractivity contribution >= 4 is 29.0 Å². The van der Waals surface area contributed by atoms with Gasteiger partial charge >= 0.3 is 0 Å². The van der Waals surface area contributed by atoms with Gasteiger partial charge in [-0.1, -0.05) is 0 Å². The predicted octanol–water partition coefficient (Wildman–Crippen LogP) is 1.59. The van der Waals surface area contributed by atoms with Crippen molar-refractivity contribution in [2.45, 2.75) is 6.42 Å². The number of alkyl halides is 1. The van der Waals surface area contributed by atoms with Gasteiger partial charge in [0.05, 0.1) is 12.3 Å². The van der Waals surface area contributed by atoms with Gasteiger partial charge in [-0.25, -0.2) is 0 Å². The molecular formula is C12H12ClNO4. The molecule has 6 heteroatoms. The molecule has 1 heterocycles. The molecular weight excluding hydrogens is 258 g/mol. The average Bonchev–Trinajstić information content (AvgIpc) is 2.38. The minimum Gasteiger partial charge on any atom is -0.486 e. The number of ketones is 1. The standard InChI is InChI=1S/C12H12ClNO4/c13-7-9(15)6-12(16)14-8-1-2-10-11(5-8)18-4-3-17-10/h1-2,5H,3-4,6-7H2,(H,14,16). The second-order valence-corrected chi connectivity index (χ2v) is 4.02. The molecule has 1 aliphatic rings. The van der Waals surface area contributed by atoms with Gasteiger partial charge in [0.15, 0.2) is 17.3 Å². The van der Waals surface area contributed by atoms with E-state index in [1.165, 1.54) is 0 Å². The third kappa shape index (κ3) is 3.13. The zero-order valence-electron chi connectivity index (χ0n) is 9.57. The molecule has 1 amide bonds. The average molecular weight is 270 g/mol. The van der Waals surface area contributed by atoms with Gasteiger partial charge in [-0.3, -0.25) is 9.59 Å². The number of carbonyl (C=O) groups is 2. The molecule has 1 N–H and O–H groups in total. The van der Waals surface area contributed by atoms with E-state index in [2.05, 4.69) is 5.32 Å². The molecule has 0 spiro atoms. The van der Waals surface area contributed by atoms with E-state index >= 15 is 0 Å². The van der Waals surface area contributed by atoms with Gasteiger partial charge in [0, 0.05) is 11.8 Å². The maximum Gasteiger partial charge on any atom is 0.231 e. The summed E-state index contributed by atoms with van der Waals surface area (Å²) in [6, 6.07) is 5.07. The van der Waals surface area contributed by atoms with E-state index < -0.39 is 5.91 Å². The van der Waals surface area contributed by atoms with E-state index in [0.29, 0.717) is 30.4 Å². The summed E-state index contributed by atoms with van der Waals surface area (Å²) >= 11 is 5.33. The van der Waals surface area contributed by atoms with E-state index in [4.69, 9.17) is 21.1 Å². The largest absolute Gasteiger partial charge is 0.486 e. The zero-order valence-corrected chi connectivity index (χ0v) is 10.3.